The number of hydrogen-bond acceptors (Lipinski definition) is 6. The second-order valence-corrected chi connectivity index (χ2v) is 6.56. The molecule has 0 amide bonds. The molecule has 0 bridgehead atoms. The molecule has 6 nitrogen and oxygen atoms in total. The van der Waals surface area contributed by atoms with Crippen molar-refractivity contribution in [3.63, 3.8) is 0 Å². The van der Waals surface area contributed by atoms with Crippen molar-refractivity contribution in [3.05, 3.63) is 33.7 Å². The molecule has 0 unspecified atom stereocenters. The predicted molar refractivity (Wildman–Crippen MR) is 87.4 cm³/mol. The van der Waals surface area contributed by atoms with E-state index in [0.29, 0.717) is 0 Å². The summed E-state index contributed by atoms with van der Waals surface area (Å²) in [6.45, 7) is 6.20. The molecular formula is C15H22N4O2S. The number of nitrogens with zero attached hydrogens (tertiary/aromatic N) is 4. The number of thiazole rings is 1. The van der Waals surface area contributed by atoms with Crippen LogP contribution in [0.2, 0.25) is 0 Å². The van der Waals surface area contributed by atoms with Crippen LogP contribution in [0.3, 0.4) is 0 Å². The fourth-order valence-corrected chi connectivity index (χ4v) is 3.55. The van der Waals surface area contributed by atoms with Crippen LogP contribution in [0, 0.1) is 0 Å². The Balaban J connectivity index is 1.54. The molecule has 0 atom stereocenters. The fourth-order valence-electron chi connectivity index (χ4n) is 2.82. The van der Waals surface area contributed by atoms with Crippen LogP contribution in [0.25, 0.3) is 4.96 Å². The maximum absolute atomic E-state index is 12.0. The third kappa shape index (κ3) is 3.73. The lowest BCUT2D eigenvalue weighted by molar-refractivity contribution is 0.122. The quantitative estimate of drug-likeness (QED) is 0.791. The van der Waals surface area contributed by atoms with Gasteiger partial charge in [0.2, 0.25) is 0 Å². The summed E-state index contributed by atoms with van der Waals surface area (Å²) in [6.07, 6.45) is 3.71. The van der Waals surface area contributed by atoms with Crippen molar-refractivity contribution in [2.24, 2.45) is 0 Å². The van der Waals surface area contributed by atoms with Gasteiger partial charge in [0.05, 0.1) is 5.69 Å². The maximum Gasteiger partial charge on any atom is 0.258 e. The molecule has 22 heavy (non-hydrogen) atoms. The van der Waals surface area contributed by atoms with Gasteiger partial charge in [-0.3, -0.25) is 14.1 Å². The third-order valence-corrected chi connectivity index (χ3v) is 4.85. The third-order valence-electron chi connectivity index (χ3n) is 4.09. The monoisotopic (exact) mass is 322 g/mol. The minimum atomic E-state index is 0.00360. The summed E-state index contributed by atoms with van der Waals surface area (Å²) in [6, 6.07) is 1.65. The number of aliphatic hydroxyl groups is 1. The number of aliphatic hydroxyl groups excluding tert-OH is 1. The zero-order valence-corrected chi connectivity index (χ0v) is 13.5. The summed E-state index contributed by atoms with van der Waals surface area (Å²) in [5.74, 6) is 0. The van der Waals surface area contributed by atoms with Crippen molar-refractivity contribution < 1.29 is 5.11 Å². The van der Waals surface area contributed by atoms with Gasteiger partial charge >= 0.3 is 0 Å². The standard InChI is InChI=1S/C15H22N4O2S/c20-9-2-1-3-17-4-6-18(7-5-17)12-13-11-14(21)19-8-10-22-15(19)16-13/h8,10-11,20H,1-7,9,12H2. The summed E-state index contributed by atoms with van der Waals surface area (Å²) >= 11 is 1.49. The van der Waals surface area contributed by atoms with E-state index in [4.69, 9.17) is 5.11 Å². The van der Waals surface area contributed by atoms with Gasteiger partial charge in [0.1, 0.15) is 0 Å². The number of fused-ring (bicyclic) bond motifs is 1. The minimum absolute atomic E-state index is 0.00360. The minimum Gasteiger partial charge on any atom is -0.396 e. The van der Waals surface area contributed by atoms with Crippen molar-refractivity contribution in [2.45, 2.75) is 19.4 Å². The van der Waals surface area contributed by atoms with Crippen LogP contribution < -0.4 is 5.56 Å². The first kappa shape index (κ1) is 15.6. The van der Waals surface area contributed by atoms with Crippen LogP contribution >= 0.6 is 11.3 Å². The van der Waals surface area contributed by atoms with Crippen LogP contribution in [-0.4, -0.2) is 63.6 Å². The van der Waals surface area contributed by atoms with Gasteiger partial charge in [-0.05, 0) is 19.4 Å². The van der Waals surface area contributed by atoms with E-state index in [-0.39, 0.29) is 12.2 Å². The zero-order chi connectivity index (χ0) is 15.4. The second kappa shape index (κ2) is 7.32. The molecule has 1 fully saturated rings. The molecule has 2 aromatic heterocycles. The van der Waals surface area contributed by atoms with E-state index in [9.17, 15) is 4.79 Å². The largest absolute Gasteiger partial charge is 0.396 e. The molecule has 1 aliphatic heterocycles. The van der Waals surface area contributed by atoms with Crippen LogP contribution in [0.4, 0.5) is 0 Å². The van der Waals surface area contributed by atoms with E-state index in [2.05, 4.69) is 14.8 Å². The number of rotatable bonds is 6. The molecule has 1 saturated heterocycles. The summed E-state index contributed by atoms with van der Waals surface area (Å²) in [5, 5.41) is 10.7. The first-order valence-corrected chi connectivity index (χ1v) is 8.65. The van der Waals surface area contributed by atoms with Crippen molar-refractivity contribution in [1.29, 1.82) is 0 Å². The maximum atomic E-state index is 12.0. The molecule has 0 radical (unpaired) electrons. The van der Waals surface area contributed by atoms with E-state index in [1.54, 1.807) is 16.7 Å². The predicted octanol–water partition coefficient (Wildman–Crippen LogP) is 0.646. The highest BCUT2D eigenvalue weighted by atomic mass is 32.1. The SMILES string of the molecule is O=c1cc(CN2CCN(CCCCO)CC2)nc2sccn12. The van der Waals surface area contributed by atoms with E-state index >= 15 is 0 Å². The molecule has 1 N–H and O–H groups in total. The van der Waals surface area contributed by atoms with E-state index in [1.165, 1.54) is 11.3 Å². The van der Waals surface area contributed by atoms with Gasteiger partial charge in [0.15, 0.2) is 4.96 Å². The molecule has 0 aliphatic carbocycles. The average Bonchev–Trinajstić information content (AvgIpc) is 2.98. The highest BCUT2D eigenvalue weighted by Gasteiger charge is 2.17. The first-order valence-electron chi connectivity index (χ1n) is 7.77. The Bertz CT molecular complexity index is 661. The van der Waals surface area contributed by atoms with Crippen LogP contribution in [0.1, 0.15) is 18.5 Å². The molecule has 3 heterocycles. The molecule has 120 valence electrons. The van der Waals surface area contributed by atoms with Gasteiger partial charge in [-0.2, -0.15) is 0 Å². The highest BCUT2D eigenvalue weighted by molar-refractivity contribution is 7.15. The second-order valence-electron chi connectivity index (χ2n) is 5.69. The highest BCUT2D eigenvalue weighted by Crippen LogP contribution is 2.10. The number of aromatic nitrogens is 2. The molecule has 0 spiro atoms. The van der Waals surface area contributed by atoms with Crippen LogP contribution in [0.5, 0.6) is 0 Å². The Morgan fingerprint density at radius 3 is 2.73 bits per heavy atom. The van der Waals surface area contributed by atoms with E-state index in [1.807, 2.05) is 5.38 Å². The first-order chi connectivity index (χ1) is 10.8. The summed E-state index contributed by atoms with van der Waals surface area (Å²) < 4.78 is 1.59. The lowest BCUT2D eigenvalue weighted by Gasteiger charge is -2.34. The van der Waals surface area contributed by atoms with Gasteiger partial charge in [-0.15, -0.1) is 11.3 Å². The Labute approximate surface area is 133 Å². The van der Waals surface area contributed by atoms with E-state index < -0.39 is 0 Å². The van der Waals surface area contributed by atoms with Gasteiger partial charge < -0.3 is 10.0 Å². The summed E-state index contributed by atoms with van der Waals surface area (Å²) in [4.78, 5) is 22.1. The van der Waals surface area contributed by atoms with Gasteiger partial charge in [-0.25, -0.2) is 4.98 Å². The van der Waals surface area contributed by atoms with Gasteiger partial charge in [-0.1, -0.05) is 0 Å². The number of unbranched alkanes of at least 4 members (excludes halogenated alkanes) is 1. The molecule has 3 rings (SSSR count). The van der Waals surface area contributed by atoms with Crippen molar-refractivity contribution in [2.75, 3.05) is 39.3 Å². The van der Waals surface area contributed by atoms with Crippen molar-refractivity contribution in [3.8, 4) is 0 Å². The van der Waals surface area contributed by atoms with Crippen LogP contribution in [-0.2, 0) is 6.54 Å². The topological polar surface area (TPSA) is 61.1 Å². The number of hydrogen-bond donors (Lipinski definition) is 1. The zero-order valence-electron chi connectivity index (χ0n) is 12.6. The molecule has 2 aromatic rings. The molecule has 1 aliphatic rings. The normalized spacial score (nSPS) is 17.3. The Morgan fingerprint density at radius 1 is 1.18 bits per heavy atom. The number of piperazine rings is 1. The van der Waals surface area contributed by atoms with Gasteiger partial charge in [0, 0.05) is 57.0 Å². The van der Waals surface area contributed by atoms with Gasteiger partial charge in [0.25, 0.3) is 5.56 Å². The molecule has 7 heteroatoms. The average molecular weight is 322 g/mol. The molecular weight excluding hydrogens is 300 g/mol. The van der Waals surface area contributed by atoms with Crippen LogP contribution in [0.15, 0.2) is 22.4 Å². The summed E-state index contributed by atoms with van der Waals surface area (Å²) in [7, 11) is 0. The van der Waals surface area contributed by atoms with E-state index in [0.717, 1.165) is 62.8 Å². The molecule has 0 saturated carbocycles. The lowest BCUT2D eigenvalue weighted by atomic mass is 10.2. The van der Waals surface area contributed by atoms with Crippen molar-refractivity contribution >= 4 is 16.3 Å². The molecule has 0 aromatic carbocycles. The van der Waals surface area contributed by atoms with Crippen molar-refractivity contribution in [1.82, 2.24) is 19.2 Å². The smallest absolute Gasteiger partial charge is 0.258 e. The fraction of sp³-hybridized carbons (Fsp3) is 0.600. The Morgan fingerprint density at radius 2 is 1.95 bits per heavy atom. The summed E-state index contributed by atoms with van der Waals surface area (Å²) in [5.41, 5.74) is 0.866. The Kier molecular flexibility index (Phi) is 5.20. The Hall–Kier alpha value is -1.28. The lowest BCUT2D eigenvalue weighted by Crippen LogP contribution is -2.46.